The summed E-state index contributed by atoms with van der Waals surface area (Å²) in [6.45, 7) is 0.454. The molecule has 0 fully saturated rings. The van der Waals surface area contributed by atoms with Crippen molar-refractivity contribution in [2.45, 2.75) is 11.6 Å². The van der Waals surface area contributed by atoms with Crippen molar-refractivity contribution in [2.24, 2.45) is 12.8 Å². The van der Waals surface area contributed by atoms with Crippen LogP contribution in [0.2, 0.25) is 5.02 Å². The Morgan fingerprint density at radius 1 is 1.57 bits per heavy atom. The van der Waals surface area contributed by atoms with Crippen molar-refractivity contribution < 1.29 is 8.42 Å². The van der Waals surface area contributed by atoms with Crippen LogP contribution in [0.15, 0.2) is 22.7 Å². The highest BCUT2D eigenvalue weighted by Crippen LogP contribution is 2.20. The molecule has 0 aliphatic rings. The number of thiophene rings is 1. The van der Waals surface area contributed by atoms with Crippen molar-refractivity contribution in [3.05, 3.63) is 33.1 Å². The second kappa shape index (κ2) is 6.60. The number of nitrogens with two attached hydrogens (primary N) is 1. The van der Waals surface area contributed by atoms with Crippen LogP contribution in [0.5, 0.6) is 0 Å². The minimum Gasteiger partial charge on any atom is -0.320 e. The Morgan fingerprint density at radius 3 is 2.95 bits per heavy atom. The Morgan fingerprint density at radius 2 is 2.33 bits per heavy atom. The van der Waals surface area contributed by atoms with Crippen LogP contribution in [0.3, 0.4) is 0 Å². The second-order valence-corrected chi connectivity index (χ2v) is 7.14. The molecule has 0 aliphatic heterocycles. The molecule has 6 nitrogen and oxygen atoms in total. The van der Waals surface area contributed by atoms with E-state index in [-0.39, 0.29) is 23.1 Å². The highest BCUT2D eigenvalue weighted by atomic mass is 35.5. The van der Waals surface area contributed by atoms with Gasteiger partial charge in [-0.05, 0) is 6.07 Å². The average Bonchev–Trinajstić information content (AvgIpc) is 3.01. The number of rotatable bonds is 4. The predicted octanol–water partition coefficient (Wildman–Crippen LogP) is 0.924. The van der Waals surface area contributed by atoms with E-state index in [1.54, 1.807) is 0 Å². The normalized spacial score (nSPS) is 11.2. The number of nitrogens with zero attached hydrogens (tertiary/aromatic N) is 2. The molecule has 2 aromatic rings. The smallest absolute Gasteiger partial charge is 0.259 e. The Hall–Kier alpha value is -1.37. The SMILES string of the molecule is Cn1ncc(Cl)c1S(=O)(=O)NCc1cc(C#CCN)cs1. The number of hydrogen-bond acceptors (Lipinski definition) is 5. The third-order valence-corrected chi connectivity index (χ3v) is 5.36. The summed E-state index contributed by atoms with van der Waals surface area (Å²) in [7, 11) is -2.20. The van der Waals surface area contributed by atoms with Gasteiger partial charge < -0.3 is 5.73 Å². The van der Waals surface area contributed by atoms with E-state index in [4.69, 9.17) is 17.3 Å². The second-order valence-electron chi connectivity index (χ2n) is 4.05. The highest BCUT2D eigenvalue weighted by Gasteiger charge is 2.22. The van der Waals surface area contributed by atoms with Crippen molar-refractivity contribution >= 4 is 33.0 Å². The lowest BCUT2D eigenvalue weighted by atomic mass is 10.3. The van der Waals surface area contributed by atoms with E-state index in [1.165, 1.54) is 29.3 Å². The molecule has 3 N–H and O–H groups in total. The van der Waals surface area contributed by atoms with Crippen LogP contribution in [-0.4, -0.2) is 24.7 Å². The van der Waals surface area contributed by atoms with Crippen LogP contribution >= 0.6 is 22.9 Å². The summed E-state index contributed by atoms with van der Waals surface area (Å²) in [5.74, 6) is 5.63. The molecule has 0 saturated heterocycles. The van der Waals surface area contributed by atoms with E-state index in [1.807, 2.05) is 11.4 Å². The van der Waals surface area contributed by atoms with Gasteiger partial charge >= 0.3 is 0 Å². The predicted molar refractivity (Wildman–Crippen MR) is 82.5 cm³/mol. The number of hydrogen-bond donors (Lipinski definition) is 2. The van der Waals surface area contributed by atoms with Gasteiger partial charge in [0.05, 0.1) is 17.8 Å². The maximum Gasteiger partial charge on any atom is 0.259 e. The number of halogens is 1. The zero-order chi connectivity index (χ0) is 15.5. The Bertz CT molecular complexity index is 779. The minimum atomic E-state index is -3.72. The van der Waals surface area contributed by atoms with E-state index in [2.05, 4.69) is 21.7 Å². The molecule has 0 saturated carbocycles. The van der Waals surface area contributed by atoms with Crippen LogP contribution in [0, 0.1) is 11.8 Å². The molecular weight excluding hydrogens is 332 g/mol. The summed E-state index contributed by atoms with van der Waals surface area (Å²) in [5.41, 5.74) is 6.12. The first-order valence-corrected chi connectivity index (χ1v) is 8.61. The molecule has 2 rings (SSSR count). The van der Waals surface area contributed by atoms with E-state index >= 15 is 0 Å². The number of aryl methyl sites for hydroxylation is 1. The van der Waals surface area contributed by atoms with Gasteiger partial charge in [-0.3, -0.25) is 4.68 Å². The summed E-state index contributed by atoms with van der Waals surface area (Å²) in [4.78, 5) is 0.846. The topological polar surface area (TPSA) is 90.0 Å². The van der Waals surface area contributed by atoms with Gasteiger partial charge in [-0.1, -0.05) is 23.4 Å². The summed E-state index contributed by atoms with van der Waals surface area (Å²) >= 11 is 7.26. The lowest BCUT2D eigenvalue weighted by molar-refractivity contribution is 0.563. The van der Waals surface area contributed by atoms with Gasteiger partial charge in [0.25, 0.3) is 10.0 Å². The number of nitrogens with one attached hydrogen (secondary N) is 1. The van der Waals surface area contributed by atoms with E-state index in [0.717, 1.165) is 10.4 Å². The molecule has 2 aromatic heterocycles. The number of sulfonamides is 1. The molecular formula is C12H13ClN4O2S2. The third kappa shape index (κ3) is 3.84. The molecule has 2 heterocycles. The van der Waals surface area contributed by atoms with Gasteiger partial charge in [-0.2, -0.15) is 5.10 Å². The van der Waals surface area contributed by atoms with Crippen LogP contribution in [0.4, 0.5) is 0 Å². The largest absolute Gasteiger partial charge is 0.320 e. The Balaban J connectivity index is 2.11. The highest BCUT2D eigenvalue weighted by molar-refractivity contribution is 7.89. The van der Waals surface area contributed by atoms with Crippen molar-refractivity contribution in [3.63, 3.8) is 0 Å². The molecule has 112 valence electrons. The first-order valence-electron chi connectivity index (χ1n) is 5.87. The first kappa shape index (κ1) is 16.0. The Labute approximate surface area is 132 Å². The fourth-order valence-electron chi connectivity index (χ4n) is 1.63. The molecule has 0 atom stereocenters. The maximum absolute atomic E-state index is 12.2. The van der Waals surface area contributed by atoms with E-state index in [0.29, 0.717) is 0 Å². The monoisotopic (exact) mass is 344 g/mol. The zero-order valence-electron chi connectivity index (χ0n) is 11.1. The van der Waals surface area contributed by atoms with Crippen molar-refractivity contribution in [1.82, 2.24) is 14.5 Å². The molecule has 0 spiro atoms. The molecule has 21 heavy (non-hydrogen) atoms. The summed E-state index contributed by atoms with van der Waals surface area (Å²) in [6, 6.07) is 1.82. The molecule has 0 aromatic carbocycles. The number of aromatic nitrogens is 2. The van der Waals surface area contributed by atoms with Crippen molar-refractivity contribution in [3.8, 4) is 11.8 Å². The van der Waals surface area contributed by atoms with Gasteiger partial charge in [0, 0.05) is 29.4 Å². The van der Waals surface area contributed by atoms with Crippen molar-refractivity contribution in [1.29, 1.82) is 0 Å². The zero-order valence-corrected chi connectivity index (χ0v) is 13.5. The molecule has 0 unspecified atom stereocenters. The van der Waals surface area contributed by atoms with Gasteiger partial charge in [0.2, 0.25) is 0 Å². The van der Waals surface area contributed by atoms with Crippen LogP contribution in [0.1, 0.15) is 10.4 Å². The summed E-state index contributed by atoms with van der Waals surface area (Å²) < 4.78 is 28.1. The maximum atomic E-state index is 12.2. The summed E-state index contributed by atoms with van der Waals surface area (Å²) in [5, 5.41) is 5.70. The molecule has 0 amide bonds. The van der Waals surface area contributed by atoms with Crippen molar-refractivity contribution in [2.75, 3.05) is 6.54 Å². The lowest BCUT2D eigenvalue weighted by Gasteiger charge is -2.06. The van der Waals surface area contributed by atoms with Crippen LogP contribution in [-0.2, 0) is 23.6 Å². The molecule has 9 heteroatoms. The summed E-state index contributed by atoms with van der Waals surface area (Å²) in [6.07, 6.45) is 1.29. The Kier molecular flexibility index (Phi) is 5.03. The fourth-order valence-corrected chi connectivity index (χ4v) is 4.13. The minimum absolute atomic E-state index is 0.0520. The average molecular weight is 345 g/mol. The first-order chi connectivity index (χ1) is 9.94. The van der Waals surface area contributed by atoms with Crippen LogP contribution in [0.25, 0.3) is 0 Å². The van der Waals surface area contributed by atoms with E-state index in [9.17, 15) is 8.42 Å². The fraction of sp³-hybridized carbons (Fsp3) is 0.250. The lowest BCUT2D eigenvalue weighted by Crippen LogP contribution is -2.25. The van der Waals surface area contributed by atoms with Gasteiger partial charge in [0.15, 0.2) is 5.03 Å². The quantitative estimate of drug-likeness (QED) is 0.807. The van der Waals surface area contributed by atoms with Gasteiger partial charge in [-0.15, -0.1) is 11.3 Å². The third-order valence-electron chi connectivity index (χ3n) is 2.52. The van der Waals surface area contributed by atoms with Gasteiger partial charge in [0.1, 0.15) is 0 Å². The molecule has 0 bridgehead atoms. The van der Waals surface area contributed by atoms with Gasteiger partial charge in [-0.25, -0.2) is 13.1 Å². The molecule has 0 radical (unpaired) electrons. The molecule has 0 aliphatic carbocycles. The van der Waals surface area contributed by atoms with Crippen LogP contribution < -0.4 is 10.5 Å². The standard InChI is InChI=1S/C12H13ClN4O2S2/c1-17-12(11(13)7-15-17)21(18,19)16-6-10-5-9(8-20-10)3-2-4-14/h5,7-8,16H,4,6,14H2,1H3. The van der Waals surface area contributed by atoms with E-state index < -0.39 is 10.0 Å².